The summed E-state index contributed by atoms with van der Waals surface area (Å²) in [7, 11) is 0. The summed E-state index contributed by atoms with van der Waals surface area (Å²) < 4.78 is 5.06. The summed E-state index contributed by atoms with van der Waals surface area (Å²) in [5, 5.41) is 3.55. The van der Waals surface area contributed by atoms with Crippen LogP contribution in [-0.4, -0.2) is 24.7 Å². The van der Waals surface area contributed by atoms with Crippen LogP contribution in [0.3, 0.4) is 0 Å². The molecule has 0 bridgehead atoms. The molecule has 0 unspecified atom stereocenters. The Morgan fingerprint density at radius 1 is 1.04 bits per heavy atom. The molecule has 3 nitrogen and oxygen atoms in total. The maximum absolute atomic E-state index is 11.6. The highest BCUT2D eigenvalue weighted by molar-refractivity contribution is 5.71. The number of carbonyl (C=O) groups excluding carboxylic acids is 1. The van der Waals surface area contributed by atoms with Crippen molar-refractivity contribution in [3.8, 4) is 11.1 Å². The third kappa shape index (κ3) is 4.45. The Balaban J connectivity index is 1.48. The zero-order chi connectivity index (χ0) is 16.8. The molecule has 0 atom stereocenters. The van der Waals surface area contributed by atoms with E-state index in [4.69, 9.17) is 4.74 Å². The minimum atomic E-state index is -0.0882. The zero-order valence-corrected chi connectivity index (χ0v) is 14.3. The van der Waals surface area contributed by atoms with Crippen LogP contribution in [-0.2, 0) is 16.0 Å². The predicted molar refractivity (Wildman–Crippen MR) is 96.8 cm³/mol. The predicted octanol–water partition coefficient (Wildman–Crippen LogP) is 3.97. The molecule has 0 heterocycles. The molecule has 1 fully saturated rings. The topological polar surface area (TPSA) is 38.3 Å². The molecule has 1 aliphatic rings. The van der Waals surface area contributed by atoms with Gasteiger partial charge in [0, 0.05) is 5.54 Å². The maximum atomic E-state index is 11.6. The first-order valence-corrected chi connectivity index (χ1v) is 8.76. The summed E-state index contributed by atoms with van der Waals surface area (Å²) >= 11 is 0. The highest BCUT2D eigenvalue weighted by atomic mass is 16.5. The molecule has 0 spiro atoms. The molecule has 1 N–H and O–H groups in total. The number of rotatable bonds is 8. The third-order valence-electron chi connectivity index (χ3n) is 4.62. The molecule has 126 valence electrons. The second-order valence-corrected chi connectivity index (χ2v) is 6.50. The van der Waals surface area contributed by atoms with Gasteiger partial charge in [-0.3, -0.25) is 4.79 Å². The van der Waals surface area contributed by atoms with E-state index in [0.29, 0.717) is 13.0 Å². The Bertz CT molecular complexity index is 660. The van der Waals surface area contributed by atoms with Crippen LogP contribution >= 0.6 is 0 Å². The lowest BCUT2D eigenvalue weighted by molar-refractivity contribution is -0.143. The molecule has 0 saturated heterocycles. The average Bonchev–Trinajstić information content (AvgIpc) is 3.36. The minimum absolute atomic E-state index is 0.00374. The van der Waals surface area contributed by atoms with Gasteiger partial charge in [0.15, 0.2) is 0 Å². The fourth-order valence-corrected chi connectivity index (χ4v) is 3.02. The van der Waals surface area contributed by atoms with E-state index in [9.17, 15) is 4.79 Å². The van der Waals surface area contributed by atoms with Gasteiger partial charge in [-0.2, -0.15) is 0 Å². The molecule has 3 heteroatoms. The van der Waals surface area contributed by atoms with Crippen molar-refractivity contribution < 1.29 is 9.53 Å². The lowest BCUT2D eigenvalue weighted by atomic mass is 10.0. The summed E-state index contributed by atoms with van der Waals surface area (Å²) in [5.41, 5.74) is 3.80. The Hall–Kier alpha value is -2.13. The smallest absolute Gasteiger partial charge is 0.307 e. The number of hydrogen-bond donors (Lipinski definition) is 1. The van der Waals surface area contributed by atoms with Gasteiger partial charge in [-0.05, 0) is 49.4 Å². The van der Waals surface area contributed by atoms with E-state index < -0.39 is 0 Å². The molecule has 2 aromatic carbocycles. The van der Waals surface area contributed by atoms with Crippen LogP contribution in [0.25, 0.3) is 11.1 Å². The standard InChI is InChI=1S/C21H25NO2/c1-2-24-20(23)16-21(13-14-21)22-15-12-17-8-10-19(11-9-17)18-6-4-3-5-7-18/h3-11,22H,2,12-16H2,1H3. The molecule has 2 aromatic rings. The van der Waals surface area contributed by atoms with E-state index in [1.54, 1.807) is 0 Å². The minimum Gasteiger partial charge on any atom is -0.466 e. The Kier molecular flexibility index (Phi) is 5.31. The summed E-state index contributed by atoms with van der Waals surface area (Å²) in [5.74, 6) is -0.0882. The summed E-state index contributed by atoms with van der Waals surface area (Å²) in [6, 6.07) is 19.1. The molecule has 0 aliphatic heterocycles. The van der Waals surface area contributed by atoms with Gasteiger partial charge in [-0.25, -0.2) is 0 Å². The third-order valence-corrected chi connectivity index (χ3v) is 4.62. The molecular formula is C21H25NO2. The van der Waals surface area contributed by atoms with Crippen molar-refractivity contribution in [2.45, 2.75) is 38.1 Å². The van der Waals surface area contributed by atoms with Crippen molar-refractivity contribution in [3.05, 3.63) is 60.2 Å². The van der Waals surface area contributed by atoms with Gasteiger partial charge in [0.2, 0.25) is 0 Å². The first-order chi connectivity index (χ1) is 11.7. The van der Waals surface area contributed by atoms with Crippen molar-refractivity contribution in [2.75, 3.05) is 13.2 Å². The van der Waals surface area contributed by atoms with Crippen molar-refractivity contribution in [3.63, 3.8) is 0 Å². The number of hydrogen-bond acceptors (Lipinski definition) is 3. The van der Waals surface area contributed by atoms with Crippen LogP contribution in [0, 0.1) is 0 Å². The molecular weight excluding hydrogens is 298 g/mol. The number of ether oxygens (including phenoxy) is 1. The lowest BCUT2D eigenvalue weighted by Gasteiger charge is -2.16. The SMILES string of the molecule is CCOC(=O)CC1(NCCc2ccc(-c3ccccc3)cc2)CC1. The molecule has 0 amide bonds. The Morgan fingerprint density at radius 3 is 2.33 bits per heavy atom. The van der Waals surface area contributed by atoms with Crippen LogP contribution in [0.2, 0.25) is 0 Å². The number of nitrogens with one attached hydrogen (secondary N) is 1. The van der Waals surface area contributed by atoms with E-state index >= 15 is 0 Å². The van der Waals surface area contributed by atoms with E-state index in [0.717, 1.165) is 25.8 Å². The van der Waals surface area contributed by atoms with Crippen molar-refractivity contribution in [1.82, 2.24) is 5.32 Å². The maximum Gasteiger partial charge on any atom is 0.307 e. The highest BCUT2D eigenvalue weighted by Crippen LogP contribution is 2.38. The van der Waals surface area contributed by atoms with Crippen molar-refractivity contribution in [1.29, 1.82) is 0 Å². The largest absolute Gasteiger partial charge is 0.466 e. The molecule has 1 aliphatic carbocycles. The van der Waals surface area contributed by atoms with Gasteiger partial charge in [0.25, 0.3) is 0 Å². The molecule has 1 saturated carbocycles. The molecule has 3 rings (SSSR count). The highest BCUT2D eigenvalue weighted by Gasteiger charge is 2.44. The first-order valence-electron chi connectivity index (χ1n) is 8.76. The van der Waals surface area contributed by atoms with Crippen LogP contribution in [0.5, 0.6) is 0 Å². The van der Waals surface area contributed by atoms with Crippen LogP contribution < -0.4 is 5.32 Å². The normalized spacial score (nSPS) is 15.0. The Labute approximate surface area is 144 Å². The van der Waals surface area contributed by atoms with Gasteiger partial charge in [0.05, 0.1) is 13.0 Å². The summed E-state index contributed by atoms with van der Waals surface area (Å²) in [6.45, 7) is 3.21. The van der Waals surface area contributed by atoms with Crippen LogP contribution in [0.15, 0.2) is 54.6 Å². The number of benzene rings is 2. The molecule has 0 aromatic heterocycles. The van der Waals surface area contributed by atoms with Gasteiger partial charge >= 0.3 is 5.97 Å². The Morgan fingerprint density at radius 2 is 1.71 bits per heavy atom. The van der Waals surface area contributed by atoms with E-state index in [2.05, 4.69) is 53.8 Å². The molecule has 0 radical (unpaired) electrons. The van der Waals surface area contributed by atoms with Crippen molar-refractivity contribution >= 4 is 5.97 Å². The second kappa shape index (κ2) is 7.63. The van der Waals surface area contributed by atoms with Crippen LogP contribution in [0.4, 0.5) is 0 Å². The monoisotopic (exact) mass is 323 g/mol. The average molecular weight is 323 g/mol. The van der Waals surface area contributed by atoms with Crippen LogP contribution in [0.1, 0.15) is 31.7 Å². The molecule has 24 heavy (non-hydrogen) atoms. The zero-order valence-electron chi connectivity index (χ0n) is 14.3. The summed E-state index contributed by atoms with van der Waals surface area (Å²) in [4.78, 5) is 11.6. The van der Waals surface area contributed by atoms with E-state index in [-0.39, 0.29) is 11.5 Å². The fraction of sp³-hybridized carbons (Fsp3) is 0.381. The fourth-order valence-electron chi connectivity index (χ4n) is 3.02. The second-order valence-electron chi connectivity index (χ2n) is 6.50. The van der Waals surface area contributed by atoms with E-state index in [1.165, 1.54) is 16.7 Å². The number of carbonyl (C=O) groups is 1. The van der Waals surface area contributed by atoms with Gasteiger partial charge in [-0.1, -0.05) is 54.6 Å². The first kappa shape index (κ1) is 16.7. The van der Waals surface area contributed by atoms with E-state index in [1.807, 2.05) is 13.0 Å². The quantitative estimate of drug-likeness (QED) is 0.747. The lowest BCUT2D eigenvalue weighted by Crippen LogP contribution is -2.35. The van der Waals surface area contributed by atoms with Gasteiger partial charge < -0.3 is 10.1 Å². The van der Waals surface area contributed by atoms with Crippen molar-refractivity contribution in [2.24, 2.45) is 0 Å². The summed E-state index contributed by atoms with van der Waals surface area (Å²) in [6.07, 6.45) is 3.60. The number of esters is 1. The van der Waals surface area contributed by atoms with Gasteiger partial charge in [0.1, 0.15) is 0 Å². The van der Waals surface area contributed by atoms with Gasteiger partial charge in [-0.15, -0.1) is 0 Å².